The number of nitrogens with zero attached hydrogens (tertiary/aromatic N) is 3. The van der Waals surface area contributed by atoms with Crippen molar-refractivity contribution < 1.29 is 0 Å². The van der Waals surface area contributed by atoms with Gasteiger partial charge in [-0.3, -0.25) is 4.98 Å². The fourth-order valence-corrected chi connectivity index (χ4v) is 2.08. The minimum absolute atomic E-state index is 0.682. The fourth-order valence-electron chi connectivity index (χ4n) is 1.38. The number of rotatable bonds is 1. The molecule has 0 amide bonds. The molecule has 0 aliphatic carbocycles. The van der Waals surface area contributed by atoms with Crippen molar-refractivity contribution >= 4 is 21.6 Å². The molecule has 3 aromatic rings. The van der Waals surface area contributed by atoms with Crippen LogP contribution in [0.15, 0.2) is 42.0 Å². The summed E-state index contributed by atoms with van der Waals surface area (Å²) in [5.74, 6) is 0.682. The molecule has 0 bridgehead atoms. The number of hydrogen-bond acceptors (Lipinski definition) is 4. The summed E-state index contributed by atoms with van der Waals surface area (Å²) < 4.78 is 1.11. The second-order valence-corrected chi connectivity index (χ2v) is 4.03. The number of pyridine rings is 1. The Morgan fingerprint density at radius 3 is 2.93 bits per heavy atom. The van der Waals surface area contributed by atoms with E-state index < -0.39 is 0 Å². The summed E-state index contributed by atoms with van der Waals surface area (Å²) in [6.45, 7) is 0. The topological polar surface area (TPSA) is 38.7 Å². The highest BCUT2D eigenvalue weighted by Gasteiger charge is 2.03. The molecular weight excluding hydrogens is 206 g/mol. The average molecular weight is 213 g/mol. The Morgan fingerprint density at radius 2 is 2.07 bits per heavy atom. The Balaban J connectivity index is 2.19. The van der Waals surface area contributed by atoms with Crippen molar-refractivity contribution in [3.63, 3.8) is 0 Å². The Kier molecular flexibility index (Phi) is 1.93. The van der Waals surface area contributed by atoms with Crippen LogP contribution in [0.4, 0.5) is 0 Å². The summed E-state index contributed by atoms with van der Waals surface area (Å²) in [5.41, 5.74) is 1.79. The van der Waals surface area contributed by atoms with E-state index in [-0.39, 0.29) is 0 Å². The Bertz CT molecular complexity index is 589. The Labute approximate surface area is 90.5 Å². The van der Waals surface area contributed by atoms with Gasteiger partial charge >= 0.3 is 0 Å². The van der Waals surface area contributed by atoms with E-state index in [0.717, 1.165) is 15.9 Å². The van der Waals surface area contributed by atoms with E-state index >= 15 is 0 Å². The van der Waals surface area contributed by atoms with Gasteiger partial charge in [-0.2, -0.15) is 0 Å². The van der Waals surface area contributed by atoms with Crippen LogP contribution in [-0.2, 0) is 0 Å². The van der Waals surface area contributed by atoms with Crippen LogP contribution in [0.5, 0.6) is 0 Å². The Hall–Kier alpha value is -1.81. The highest BCUT2D eigenvalue weighted by atomic mass is 32.1. The standard InChI is InChI=1S/C11H7N3S/c1-2-5-12-9(3-1)11-13-7-10-8(14-11)4-6-15-10/h1-7H. The van der Waals surface area contributed by atoms with Gasteiger partial charge < -0.3 is 0 Å². The van der Waals surface area contributed by atoms with Gasteiger partial charge in [-0.1, -0.05) is 6.07 Å². The normalized spacial score (nSPS) is 10.7. The molecule has 0 N–H and O–H groups in total. The molecular formula is C11H7N3S. The molecule has 72 valence electrons. The molecule has 0 aliphatic rings. The van der Waals surface area contributed by atoms with Crippen molar-refractivity contribution in [1.29, 1.82) is 0 Å². The van der Waals surface area contributed by atoms with E-state index in [1.54, 1.807) is 17.5 Å². The minimum atomic E-state index is 0.682. The van der Waals surface area contributed by atoms with Crippen LogP contribution in [0.3, 0.4) is 0 Å². The number of hydrogen-bond donors (Lipinski definition) is 0. The highest BCUT2D eigenvalue weighted by Crippen LogP contribution is 2.20. The summed E-state index contributed by atoms with van der Waals surface area (Å²) in [5, 5.41) is 2.02. The lowest BCUT2D eigenvalue weighted by Crippen LogP contribution is -1.89. The first kappa shape index (κ1) is 8.49. The van der Waals surface area contributed by atoms with E-state index in [9.17, 15) is 0 Å². The summed E-state index contributed by atoms with van der Waals surface area (Å²) in [6, 6.07) is 7.72. The Morgan fingerprint density at radius 1 is 1.07 bits per heavy atom. The zero-order valence-electron chi connectivity index (χ0n) is 7.79. The maximum atomic E-state index is 4.44. The molecule has 3 nitrogen and oxygen atoms in total. The van der Waals surface area contributed by atoms with Crippen LogP contribution in [0.1, 0.15) is 0 Å². The van der Waals surface area contributed by atoms with E-state index in [4.69, 9.17) is 0 Å². The van der Waals surface area contributed by atoms with E-state index in [0.29, 0.717) is 5.82 Å². The average Bonchev–Trinajstić information content (AvgIpc) is 2.77. The molecule has 15 heavy (non-hydrogen) atoms. The van der Waals surface area contributed by atoms with Crippen LogP contribution < -0.4 is 0 Å². The lowest BCUT2D eigenvalue weighted by Gasteiger charge is -1.97. The van der Waals surface area contributed by atoms with Gasteiger partial charge in [0.2, 0.25) is 0 Å². The molecule has 0 saturated heterocycles. The number of thiophene rings is 1. The van der Waals surface area contributed by atoms with Gasteiger partial charge in [-0.15, -0.1) is 11.3 Å². The molecule has 0 aliphatic heterocycles. The first-order valence-electron chi connectivity index (χ1n) is 4.55. The van der Waals surface area contributed by atoms with Crippen molar-refractivity contribution in [3.05, 3.63) is 42.0 Å². The molecule has 3 aromatic heterocycles. The van der Waals surface area contributed by atoms with Crippen LogP contribution in [0.25, 0.3) is 21.7 Å². The fraction of sp³-hybridized carbons (Fsp3) is 0. The first-order valence-corrected chi connectivity index (χ1v) is 5.43. The molecule has 0 unspecified atom stereocenters. The molecule has 0 atom stereocenters. The van der Waals surface area contributed by atoms with Gasteiger partial charge in [0, 0.05) is 12.4 Å². The van der Waals surface area contributed by atoms with Crippen molar-refractivity contribution in [2.45, 2.75) is 0 Å². The van der Waals surface area contributed by atoms with Crippen LogP contribution in [0.2, 0.25) is 0 Å². The lowest BCUT2D eigenvalue weighted by atomic mass is 10.3. The van der Waals surface area contributed by atoms with Crippen LogP contribution in [-0.4, -0.2) is 15.0 Å². The van der Waals surface area contributed by atoms with Gasteiger partial charge in [0.25, 0.3) is 0 Å². The quantitative estimate of drug-likeness (QED) is 0.624. The molecule has 0 radical (unpaired) electrons. The first-order chi connectivity index (χ1) is 7.43. The molecule has 3 heterocycles. The van der Waals surface area contributed by atoms with E-state index in [1.807, 2.05) is 35.8 Å². The van der Waals surface area contributed by atoms with Gasteiger partial charge in [0.15, 0.2) is 5.82 Å². The third-order valence-electron chi connectivity index (χ3n) is 2.10. The van der Waals surface area contributed by atoms with Crippen molar-refractivity contribution in [2.75, 3.05) is 0 Å². The third-order valence-corrected chi connectivity index (χ3v) is 2.94. The van der Waals surface area contributed by atoms with Crippen molar-refractivity contribution in [3.8, 4) is 11.5 Å². The molecule has 0 spiro atoms. The smallest absolute Gasteiger partial charge is 0.178 e. The second-order valence-electron chi connectivity index (χ2n) is 3.08. The number of fused-ring (bicyclic) bond motifs is 1. The zero-order chi connectivity index (χ0) is 10.1. The summed E-state index contributed by atoms with van der Waals surface area (Å²) in [7, 11) is 0. The van der Waals surface area contributed by atoms with Gasteiger partial charge in [-0.05, 0) is 23.6 Å². The van der Waals surface area contributed by atoms with Gasteiger partial charge in [0.05, 0.1) is 10.2 Å². The summed E-state index contributed by atoms with van der Waals surface area (Å²) >= 11 is 1.65. The predicted molar refractivity (Wildman–Crippen MR) is 60.6 cm³/mol. The highest BCUT2D eigenvalue weighted by molar-refractivity contribution is 7.17. The molecule has 4 heteroatoms. The van der Waals surface area contributed by atoms with Crippen molar-refractivity contribution in [2.24, 2.45) is 0 Å². The summed E-state index contributed by atoms with van der Waals surface area (Å²) in [4.78, 5) is 12.9. The summed E-state index contributed by atoms with van der Waals surface area (Å²) in [6.07, 6.45) is 3.59. The van der Waals surface area contributed by atoms with Gasteiger partial charge in [-0.25, -0.2) is 9.97 Å². The molecule has 0 aromatic carbocycles. The molecule has 3 rings (SSSR count). The maximum Gasteiger partial charge on any atom is 0.178 e. The monoisotopic (exact) mass is 213 g/mol. The maximum absolute atomic E-state index is 4.44. The van der Waals surface area contributed by atoms with E-state index in [2.05, 4.69) is 15.0 Å². The second kappa shape index (κ2) is 3.40. The molecule has 0 fully saturated rings. The minimum Gasteiger partial charge on any atom is -0.253 e. The number of aromatic nitrogens is 3. The van der Waals surface area contributed by atoms with Gasteiger partial charge in [0.1, 0.15) is 5.69 Å². The van der Waals surface area contributed by atoms with Crippen LogP contribution in [0, 0.1) is 0 Å². The SMILES string of the molecule is c1ccc(-c2ncc3sccc3n2)nc1. The predicted octanol–water partition coefficient (Wildman–Crippen LogP) is 2.75. The van der Waals surface area contributed by atoms with Crippen LogP contribution >= 0.6 is 11.3 Å². The van der Waals surface area contributed by atoms with E-state index in [1.165, 1.54) is 0 Å². The van der Waals surface area contributed by atoms with Crippen molar-refractivity contribution in [1.82, 2.24) is 15.0 Å². The third kappa shape index (κ3) is 1.49. The molecule has 0 saturated carbocycles. The largest absolute Gasteiger partial charge is 0.253 e. The lowest BCUT2D eigenvalue weighted by molar-refractivity contribution is 1.18. The zero-order valence-corrected chi connectivity index (χ0v) is 8.61.